The van der Waals surface area contributed by atoms with Crippen molar-refractivity contribution in [3.8, 4) is 28.3 Å². The normalized spacial score (nSPS) is 14.7. The first kappa shape index (κ1) is 23.2. The molecule has 6 aromatic rings. The zero-order chi connectivity index (χ0) is 26.6. The largest absolute Gasteiger partial charge is 0.370 e. The molecule has 4 aromatic carbocycles. The molecule has 0 spiro atoms. The molecular weight excluding hydrogens is 488 g/mol. The molecule has 4 heteroatoms. The lowest BCUT2D eigenvalue weighted by Crippen LogP contribution is -2.30. The molecule has 3 heterocycles. The van der Waals surface area contributed by atoms with Crippen LogP contribution >= 0.6 is 0 Å². The average Bonchev–Trinajstić information content (AvgIpc) is 3.03. The van der Waals surface area contributed by atoms with E-state index in [9.17, 15) is 5.26 Å². The predicted molar refractivity (Wildman–Crippen MR) is 164 cm³/mol. The maximum absolute atomic E-state index is 10.7. The van der Waals surface area contributed by atoms with E-state index < -0.39 is 0 Å². The number of benzene rings is 4. The second-order valence-corrected chi connectivity index (χ2v) is 11.1. The standard InChI is InChI=1S/C36H28N4/c37-22-31-33(40-18-4-1-5-19-40)21-29(27-12-6-9-23-8-2-3-11-26(23)27)28-15-16-32-30(34(28)31)20-25-14-13-24-10-7-17-38-35(24)36(25)39-32/h2-3,6-14,17,20-21H,1,4-5,15-16,18-19H2. The summed E-state index contributed by atoms with van der Waals surface area (Å²) in [6.07, 6.45) is 7.11. The van der Waals surface area contributed by atoms with Crippen LogP contribution in [-0.2, 0) is 12.8 Å². The van der Waals surface area contributed by atoms with Gasteiger partial charge in [-0.3, -0.25) is 4.98 Å². The summed E-state index contributed by atoms with van der Waals surface area (Å²) in [5.41, 5.74) is 10.7. The number of aryl methyl sites for hydroxylation is 1. The molecule has 1 aliphatic carbocycles. The molecule has 1 saturated heterocycles. The van der Waals surface area contributed by atoms with E-state index in [1.165, 1.54) is 33.9 Å². The molecule has 0 N–H and O–H groups in total. The Morgan fingerprint density at radius 2 is 1.52 bits per heavy atom. The van der Waals surface area contributed by atoms with Crippen LogP contribution in [0.3, 0.4) is 0 Å². The maximum atomic E-state index is 10.7. The van der Waals surface area contributed by atoms with Gasteiger partial charge in [-0.2, -0.15) is 5.26 Å². The van der Waals surface area contributed by atoms with Gasteiger partial charge in [0, 0.05) is 46.9 Å². The molecule has 192 valence electrons. The van der Waals surface area contributed by atoms with Crippen molar-refractivity contribution in [2.24, 2.45) is 0 Å². The second kappa shape index (κ2) is 9.17. The zero-order valence-electron chi connectivity index (χ0n) is 22.3. The summed E-state index contributed by atoms with van der Waals surface area (Å²) in [7, 11) is 0. The lowest BCUT2D eigenvalue weighted by Gasteiger charge is -2.33. The molecule has 0 unspecified atom stereocenters. The van der Waals surface area contributed by atoms with Crippen molar-refractivity contribution in [2.45, 2.75) is 32.1 Å². The SMILES string of the molecule is N#Cc1c(N2CCCCC2)cc(-c2cccc3ccccc23)c2c1-c1cc3ccc4cccnc4c3nc1CC2. The number of nitriles is 1. The van der Waals surface area contributed by atoms with Crippen LogP contribution in [-0.4, -0.2) is 23.1 Å². The molecule has 4 nitrogen and oxygen atoms in total. The van der Waals surface area contributed by atoms with E-state index in [-0.39, 0.29) is 0 Å². The van der Waals surface area contributed by atoms with Crippen LogP contribution in [0.1, 0.15) is 36.1 Å². The smallest absolute Gasteiger partial charge is 0.102 e. The molecule has 2 aliphatic rings. The summed E-state index contributed by atoms with van der Waals surface area (Å²) in [5, 5.41) is 15.4. The molecule has 1 fully saturated rings. The van der Waals surface area contributed by atoms with Crippen LogP contribution in [0.2, 0.25) is 0 Å². The van der Waals surface area contributed by atoms with Gasteiger partial charge in [0.2, 0.25) is 0 Å². The Hall–Kier alpha value is -4.75. The van der Waals surface area contributed by atoms with Gasteiger partial charge in [-0.15, -0.1) is 0 Å². The Labute approximate surface area is 233 Å². The van der Waals surface area contributed by atoms with E-state index in [4.69, 9.17) is 4.98 Å². The third kappa shape index (κ3) is 3.51. The number of fused-ring (bicyclic) bond motifs is 7. The first-order chi connectivity index (χ1) is 19.8. The first-order valence-corrected chi connectivity index (χ1v) is 14.3. The second-order valence-electron chi connectivity index (χ2n) is 11.1. The van der Waals surface area contributed by atoms with Gasteiger partial charge < -0.3 is 4.90 Å². The number of nitrogens with zero attached hydrogens (tertiary/aromatic N) is 4. The van der Waals surface area contributed by atoms with Crippen molar-refractivity contribution in [3.05, 3.63) is 102 Å². The molecule has 0 atom stereocenters. The monoisotopic (exact) mass is 516 g/mol. The van der Waals surface area contributed by atoms with Gasteiger partial charge in [-0.25, -0.2) is 4.98 Å². The molecule has 40 heavy (non-hydrogen) atoms. The summed E-state index contributed by atoms with van der Waals surface area (Å²) in [6, 6.07) is 30.8. The molecular formula is C36H28N4. The lowest BCUT2D eigenvalue weighted by molar-refractivity contribution is 0.577. The van der Waals surface area contributed by atoms with Crippen LogP contribution < -0.4 is 4.90 Å². The van der Waals surface area contributed by atoms with Crippen molar-refractivity contribution < 1.29 is 0 Å². The number of rotatable bonds is 2. The summed E-state index contributed by atoms with van der Waals surface area (Å²) in [6.45, 7) is 1.98. The summed E-state index contributed by atoms with van der Waals surface area (Å²) < 4.78 is 0. The number of piperidine rings is 1. The fraction of sp³-hybridized carbons (Fsp3) is 0.194. The summed E-state index contributed by atoms with van der Waals surface area (Å²) in [4.78, 5) is 12.3. The average molecular weight is 517 g/mol. The van der Waals surface area contributed by atoms with Crippen molar-refractivity contribution in [1.29, 1.82) is 5.26 Å². The predicted octanol–water partition coefficient (Wildman–Crippen LogP) is 8.23. The number of anilines is 1. The fourth-order valence-electron chi connectivity index (χ4n) is 6.93. The molecule has 0 amide bonds. The van der Waals surface area contributed by atoms with Crippen LogP contribution in [0.4, 0.5) is 5.69 Å². The molecule has 0 saturated carbocycles. The third-order valence-corrected chi connectivity index (χ3v) is 8.82. The van der Waals surface area contributed by atoms with E-state index in [1.54, 1.807) is 0 Å². The number of aromatic nitrogens is 2. The molecule has 0 radical (unpaired) electrons. The Bertz CT molecular complexity index is 2010. The molecule has 8 rings (SSSR count). The number of hydrogen-bond donors (Lipinski definition) is 0. The first-order valence-electron chi connectivity index (χ1n) is 14.3. The highest BCUT2D eigenvalue weighted by Crippen LogP contribution is 2.47. The van der Waals surface area contributed by atoms with E-state index in [0.29, 0.717) is 0 Å². The topological polar surface area (TPSA) is 52.8 Å². The maximum Gasteiger partial charge on any atom is 0.102 e. The molecule has 1 aliphatic heterocycles. The van der Waals surface area contributed by atoms with Gasteiger partial charge in [0.25, 0.3) is 0 Å². The van der Waals surface area contributed by atoms with Crippen LogP contribution in [0.25, 0.3) is 54.8 Å². The van der Waals surface area contributed by atoms with E-state index in [0.717, 1.165) is 88.7 Å². The van der Waals surface area contributed by atoms with Gasteiger partial charge in [-0.1, -0.05) is 60.7 Å². The minimum atomic E-state index is 0.793. The third-order valence-electron chi connectivity index (χ3n) is 8.82. The van der Waals surface area contributed by atoms with Crippen molar-refractivity contribution in [2.75, 3.05) is 18.0 Å². The minimum absolute atomic E-state index is 0.793. The zero-order valence-corrected chi connectivity index (χ0v) is 22.3. The van der Waals surface area contributed by atoms with Crippen LogP contribution in [0, 0.1) is 11.3 Å². The Morgan fingerprint density at radius 1 is 0.700 bits per heavy atom. The highest BCUT2D eigenvalue weighted by Gasteiger charge is 2.29. The number of hydrogen-bond acceptors (Lipinski definition) is 4. The van der Waals surface area contributed by atoms with E-state index in [1.807, 2.05) is 12.3 Å². The lowest BCUT2D eigenvalue weighted by atomic mass is 9.79. The Morgan fingerprint density at radius 3 is 2.42 bits per heavy atom. The highest BCUT2D eigenvalue weighted by atomic mass is 15.1. The molecule has 0 bridgehead atoms. The summed E-state index contributed by atoms with van der Waals surface area (Å²) in [5.74, 6) is 0. The quantitative estimate of drug-likeness (QED) is 0.218. The van der Waals surface area contributed by atoms with Crippen molar-refractivity contribution >= 4 is 38.3 Å². The van der Waals surface area contributed by atoms with Gasteiger partial charge in [0.1, 0.15) is 6.07 Å². The number of pyridine rings is 2. The fourth-order valence-corrected chi connectivity index (χ4v) is 6.93. The van der Waals surface area contributed by atoms with Gasteiger partial charge in [0.15, 0.2) is 0 Å². The van der Waals surface area contributed by atoms with E-state index in [2.05, 4.69) is 88.7 Å². The van der Waals surface area contributed by atoms with Gasteiger partial charge in [0.05, 0.1) is 22.3 Å². The Balaban J connectivity index is 1.45. The van der Waals surface area contributed by atoms with Crippen molar-refractivity contribution in [1.82, 2.24) is 9.97 Å². The van der Waals surface area contributed by atoms with Crippen LogP contribution in [0.5, 0.6) is 0 Å². The van der Waals surface area contributed by atoms with Crippen LogP contribution in [0.15, 0.2) is 85.1 Å². The molecule has 2 aromatic heterocycles. The van der Waals surface area contributed by atoms with Gasteiger partial charge in [-0.05, 0) is 77.8 Å². The Kier molecular flexibility index (Phi) is 5.31. The van der Waals surface area contributed by atoms with Gasteiger partial charge >= 0.3 is 0 Å². The summed E-state index contributed by atoms with van der Waals surface area (Å²) >= 11 is 0. The van der Waals surface area contributed by atoms with Crippen molar-refractivity contribution in [3.63, 3.8) is 0 Å². The van der Waals surface area contributed by atoms with E-state index >= 15 is 0 Å². The minimum Gasteiger partial charge on any atom is -0.370 e. The highest BCUT2D eigenvalue weighted by molar-refractivity contribution is 6.06.